The Balaban J connectivity index is 1.86. The lowest BCUT2D eigenvalue weighted by Crippen LogP contribution is -2.39. The van der Waals surface area contributed by atoms with Gasteiger partial charge in [0.1, 0.15) is 5.82 Å². The number of nitrogens with two attached hydrogens (primary N) is 1. The molecule has 2 bridgehead atoms. The highest BCUT2D eigenvalue weighted by Crippen LogP contribution is 2.48. The summed E-state index contributed by atoms with van der Waals surface area (Å²) < 4.78 is 7.74. The predicted octanol–water partition coefficient (Wildman–Crippen LogP) is 3.11. The molecule has 0 saturated carbocycles. The molecule has 5 heterocycles. The van der Waals surface area contributed by atoms with Gasteiger partial charge in [0, 0.05) is 42.7 Å². The van der Waals surface area contributed by atoms with E-state index in [0.717, 1.165) is 11.3 Å². The third-order valence-electron chi connectivity index (χ3n) is 5.22. The SMILES string of the molecule is Cn1c2c(c3cccc(-c4cc(N)no4)c31)C1CCN2CC1. The molecule has 2 aromatic heterocycles. The molecule has 5 heteroatoms. The van der Waals surface area contributed by atoms with Crippen molar-refractivity contribution < 1.29 is 4.52 Å². The molecular weight excluding hydrogens is 276 g/mol. The van der Waals surface area contributed by atoms with Crippen LogP contribution >= 0.6 is 0 Å². The number of fused-ring (bicyclic) bond motifs is 3. The summed E-state index contributed by atoms with van der Waals surface area (Å²) in [6.07, 6.45) is 2.54. The van der Waals surface area contributed by atoms with Crippen molar-refractivity contribution in [1.29, 1.82) is 0 Å². The number of hydrogen-bond acceptors (Lipinski definition) is 4. The van der Waals surface area contributed by atoms with E-state index in [1.165, 1.54) is 48.2 Å². The minimum Gasteiger partial charge on any atom is -0.381 e. The Kier molecular flexibility index (Phi) is 2.24. The average molecular weight is 294 g/mol. The van der Waals surface area contributed by atoms with Crippen LogP contribution in [0.3, 0.4) is 0 Å². The van der Waals surface area contributed by atoms with Crippen LogP contribution in [0.4, 0.5) is 11.6 Å². The van der Waals surface area contributed by atoms with Crippen molar-refractivity contribution in [2.75, 3.05) is 23.7 Å². The maximum absolute atomic E-state index is 5.73. The van der Waals surface area contributed by atoms with Crippen LogP contribution in [0.5, 0.6) is 0 Å². The minimum atomic E-state index is 0.426. The topological polar surface area (TPSA) is 60.2 Å². The molecular formula is C17H18N4O. The van der Waals surface area contributed by atoms with E-state index in [4.69, 9.17) is 10.3 Å². The number of benzene rings is 1. The third kappa shape index (κ3) is 1.41. The van der Waals surface area contributed by atoms with Gasteiger partial charge in [-0.3, -0.25) is 0 Å². The van der Waals surface area contributed by atoms with E-state index in [9.17, 15) is 0 Å². The molecule has 0 aliphatic carbocycles. The van der Waals surface area contributed by atoms with Crippen molar-refractivity contribution in [3.05, 3.63) is 29.8 Å². The highest BCUT2D eigenvalue weighted by molar-refractivity contribution is 6.00. The molecule has 0 radical (unpaired) electrons. The summed E-state index contributed by atoms with van der Waals surface area (Å²) >= 11 is 0. The molecule has 3 aromatic rings. The van der Waals surface area contributed by atoms with E-state index in [2.05, 4.69) is 39.9 Å². The number of hydrogen-bond donors (Lipinski definition) is 1. The Labute approximate surface area is 128 Å². The molecule has 0 amide bonds. The quantitative estimate of drug-likeness (QED) is 0.749. The highest BCUT2D eigenvalue weighted by atomic mass is 16.5. The first-order chi connectivity index (χ1) is 10.7. The van der Waals surface area contributed by atoms with Gasteiger partial charge in [0.2, 0.25) is 0 Å². The van der Waals surface area contributed by atoms with Gasteiger partial charge in [0.15, 0.2) is 11.6 Å². The van der Waals surface area contributed by atoms with Gasteiger partial charge in [-0.25, -0.2) is 0 Å². The fraction of sp³-hybridized carbons (Fsp3) is 0.353. The second kappa shape index (κ2) is 4.06. The largest absolute Gasteiger partial charge is 0.381 e. The van der Waals surface area contributed by atoms with E-state index >= 15 is 0 Å². The summed E-state index contributed by atoms with van der Waals surface area (Å²) in [7, 11) is 2.16. The van der Waals surface area contributed by atoms with E-state index in [1.54, 1.807) is 6.07 Å². The van der Waals surface area contributed by atoms with Crippen LogP contribution in [-0.2, 0) is 7.05 Å². The van der Waals surface area contributed by atoms with Crippen LogP contribution in [-0.4, -0.2) is 22.8 Å². The zero-order valence-electron chi connectivity index (χ0n) is 12.5. The molecule has 0 unspecified atom stereocenters. The maximum Gasteiger partial charge on any atom is 0.171 e. The van der Waals surface area contributed by atoms with Crippen LogP contribution in [0.15, 0.2) is 28.8 Å². The van der Waals surface area contributed by atoms with Gasteiger partial charge in [-0.2, -0.15) is 0 Å². The third-order valence-corrected chi connectivity index (χ3v) is 5.22. The van der Waals surface area contributed by atoms with E-state index in [1.807, 2.05) is 0 Å². The first-order valence-electron chi connectivity index (χ1n) is 7.83. The van der Waals surface area contributed by atoms with Crippen molar-refractivity contribution in [2.45, 2.75) is 18.8 Å². The van der Waals surface area contributed by atoms with E-state index < -0.39 is 0 Å². The summed E-state index contributed by atoms with van der Waals surface area (Å²) in [5, 5.41) is 5.18. The molecule has 5 nitrogen and oxygen atoms in total. The molecule has 0 spiro atoms. The number of nitrogens with zero attached hydrogens (tertiary/aromatic N) is 3. The van der Waals surface area contributed by atoms with Crippen molar-refractivity contribution in [2.24, 2.45) is 7.05 Å². The summed E-state index contributed by atoms with van der Waals surface area (Å²) in [5.41, 5.74) is 9.54. The fourth-order valence-corrected chi connectivity index (χ4v) is 4.31. The lowest BCUT2D eigenvalue weighted by Gasteiger charge is -2.41. The second-order valence-electron chi connectivity index (χ2n) is 6.38. The first kappa shape index (κ1) is 12.1. The van der Waals surface area contributed by atoms with Gasteiger partial charge in [0.05, 0.1) is 5.52 Å². The van der Waals surface area contributed by atoms with Crippen LogP contribution in [0.1, 0.15) is 24.3 Å². The molecule has 112 valence electrons. The average Bonchev–Trinajstić information content (AvgIpc) is 3.12. The molecule has 0 atom stereocenters. The summed E-state index contributed by atoms with van der Waals surface area (Å²) in [5.74, 6) is 3.24. The van der Waals surface area contributed by atoms with Crippen molar-refractivity contribution in [1.82, 2.24) is 9.72 Å². The molecule has 3 aliphatic heterocycles. The van der Waals surface area contributed by atoms with Crippen molar-refractivity contribution in [3.63, 3.8) is 0 Å². The van der Waals surface area contributed by atoms with Crippen molar-refractivity contribution >= 4 is 22.5 Å². The lowest BCUT2D eigenvalue weighted by molar-refractivity contribution is 0.436. The van der Waals surface area contributed by atoms with Gasteiger partial charge in [0.25, 0.3) is 0 Å². The Morgan fingerprint density at radius 1 is 1.27 bits per heavy atom. The van der Waals surface area contributed by atoms with Gasteiger partial charge in [-0.05, 0) is 24.8 Å². The van der Waals surface area contributed by atoms with Gasteiger partial charge >= 0.3 is 0 Å². The standard InChI is InChI=1S/C17H18N4O/c1-20-16-11(13-9-14(18)19-22-13)3-2-4-12(16)15-10-5-7-21(8-6-10)17(15)20/h2-4,9-10H,5-8H2,1H3,(H2,18,19). The molecule has 1 aromatic carbocycles. The molecule has 22 heavy (non-hydrogen) atoms. The normalized spacial score (nSPS) is 17.4. The number of aryl methyl sites for hydroxylation is 1. The summed E-state index contributed by atoms with van der Waals surface area (Å²) in [6.45, 7) is 2.35. The van der Waals surface area contributed by atoms with Crippen LogP contribution in [0.2, 0.25) is 0 Å². The zero-order chi connectivity index (χ0) is 14.8. The van der Waals surface area contributed by atoms with Gasteiger partial charge < -0.3 is 19.7 Å². The molecule has 3 aliphatic rings. The molecule has 2 N–H and O–H groups in total. The first-order valence-corrected chi connectivity index (χ1v) is 7.83. The second-order valence-corrected chi connectivity index (χ2v) is 6.38. The van der Waals surface area contributed by atoms with Gasteiger partial charge in [-0.1, -0.05) is 17.3 Å². The smallest absolute Gasteiger partial charge is 0.171 e. The number of rotatable bonds is 1. The van der Waals surface area contributed by atoms with Crippen LogP contribution in [0.25, 0.3) is 22.2 Å². The number of anilines is 2. The summed E-state index contributed by atoms with van der Waals surface area (Å²) in [6, 6.07) is 8.23. The maximum atomic E-state index is 5.73. The lowest BCUT2D eigenvalue weighted by atomic mass is 9.84. The Morgan fingerprint density at radius 2 is 2.09 bits per heavy atom. The van der Waals surface area contributed by atoms with Crippen molar-refractivity contribution in [3.8, 4) is 11.3 Å². The van der Waals surface area contributed by atoms with Crippen LogP contribution in [0, 0.1) is 0 Å². The monoisotopic (exact) mass is 294 g/mol. The number of aromatic nitrogens is 2. The number of para-hydroxylation sites is 1. The predicted molar refractivity (Wildman–Crippen MR) is 87.0 cm³/mol. The van der Waals surface area contributed by atoms with Crippen LogP contribution < -0.4 is 10.6 Å². The fourth-order valence-electron chi connectivity index (χ4n) is 4.31. The summed E-state index contributed by atoms with van der Waals surface area (Å²) in [4.78, 5) is 2.52. The number of piperidine rings is 1. The molecule has 1 fully saturated rings. The Morgan fingerprint density at radius 3 is 2.82 bits per heavy atom. The molecule has 6 rings (SSSR count). The minimum absolute atomic E-state index is 0.426. The highest BCUT2D eigenvalue weighted by Gasteiger charge is 2.36. The van der Waals surface area contributed by atoms with E-state index in [0.29, 0.717) is 11.7 Å². The zero-order valence-corrected chi connectivity index (χ0v) is 12.5. The Bertz CT molecular complexity index is 884. The molecule has 1 saturated heterocycles. The number of nitrogen functional groups attached to an aromatic ring is 1. The van der Waals surface area contributed by atoms with Gasteiger partial charge in [-0.15, -0.1) is 0 Å². The van der Waals surface area contributed by atoms with E-state index in [-0.39, 0.29) is 0 Å². The Hall–Kier alpha value is -2.43.